The Morgan fingerprint density at radius 2 is 1.55 bits per heavy atom. The van der Waals surface area contributed by atoms with Gasteiger partial charge in [-0.25, -0.2) is 9.18 Å². The SMILES string of the molecule is CC(C)(C)OC(=O)N1CCC(N(C(=O)c2ccc(-c3ccc(N)c(F)c3)cc2)C2CC2)CC1. The highest BCUT2D eigenvalue weighted by Gasteiger charge is 2.39. The number of likely N-dealkylation sites (tertiary alicyclic amines) is 1. The Bertz CT molecular complexity index is 1020. The molecule has 1 heterocycles. The predicted octanol–water partition coefficient (Wildman–Crippen LogP) is 5.08. The zero-order valence-corrected chi connectivity index (χ0v) is 19.5. The van der Waals surface area contributed by atoms with E-state index in [0.29, 0.717) is 24.2 Å². The van der Waals surface area contributed by atoms with Gasteiger partial charge in [-0.1, -0.05) is 18.2 Å². The van der Waals surface area contributed by atoms with Crippen molar-refractivity contribution in [2.45, 2.75) is 64.1 Å². The van der Waals surface area contributed by atoms with Crippen molar-refractivity contribution in [3.05, 3.63) is 53.8 Å². The van der Waals surface area contributed by atoms with Crippen molar-refractivity contribution in [3.8, 4) is 11.1 Å². The van der Waals surface area contributed by atoms with Crippen LogP contribution in [0, 0.1) is 5.82 Å². The molecule has 0 spiro atoms. The molecule has 4 rings (SSSR count). The number of nitrogens with two attached hydrogens (primary N) is 1. The molecule has 2 aromatic rings. The molecular weight excluding hydrogens is 421 g/mol. The van der Waals surface area contributed by atoms with Gasteiger partial charge in [0.25, 0.3) is 5.91 Å². The first-order valence-corrected chi connectivity index (χ1v) is 11.6. The molecule has 0 bridgehead atoms. The van der Waals surface area contributed by atoms with Crippen molar-refractivity contribution >= 4 is 17.7 Å². The van der Waals surface area contributed by atoms with E-state index in [1.54, 1.807) is 29.2 Å². The molecule has 2 fully saturated rings. The summed E-state index contributed by atoms with van der Waals surface area (Å²) in [7, 11) is 0. The van der Waals surface area contributed by atoms with E-state index >= 15 is 0 Å². The first kappa shape index (κ1) is 23.1. The van der Waals surface area contributed by atoms with Gasteiger partial charge in [-0.05, 0) is 81.8 Å². The van der Waals surface area contributed by atoms with Gasteiger partial charge in [0.15, 0.2) is 0 Å². The van der Waals surface area contributed by atoms with Crippen LogP contribution in [0.25, 0.3) is 11.1 Å². The van der Waals surface area contributed by atoms with Crippen molar-refractivity contribution < 1.29 is 18.7 Å². The van der Waals surface area contributed by atoms with Gasteiger partial charge in [0.2, 0.25) is 0 Å². The molecule has 2 aromatic carbocycles. The Balaban J connectivity index is 1.43. The molecule has 7 heteroatoms. The summed E-state index contributed by atoms with van der Waals surface area (Å²) in [4.78, 5) is 29.5. The summed E-state index contributed by atoms with van der Waals surface area (Å²) >= 11 is 0. The average Bonchev–Trinajstić information content (AvgIpc) is 3.60. The van der Waals surface area contributed by atoms with Crippen LogP contribution in [-0.2, 0) is 4.74 Å². The van der Waals surface area contributed by atoms with E-state index in [1.165, 1.54) is 6.07 Å². The highest BCUT2D eigenvalue weighted by molar-refractivity contribution is 5.95. The number of benzene rings is 2. The minimum atomic E-state index is -0.520. The lowest BCUT2D eigenvalue weighted by atomic mass is 10.00. The summed E-state index contributed by atoms with van der Waals surface area (Å²) in [6.07, 6.45) is 3.22. The Kier molecular flexibility index (Phi) is 6.32. The van der Waals surface area contributed by atoms with Crippen LogP contribution in [0.15, 0.2) is 42.5 Å². The molecule has 0 unspecified atom stereocenters. The normalized spacial score (nSPS) is 17.0. The lowest BCUT2D eigenvalue weighted by Gasteiger charge is -2.39. The molecule has 6 nitrogen and oxygen atoms in total. The number of amides is 2. The molecular formula is C26H32FN3O3. The van der Waals surface area contributed by atoms with Crippen molar-refractivity contribution in [1.29, 1.82) is 0 Å². The summed E-state index contributed by atoms with van der Waals surface area (Å²) in [6, 6.07) is 12.4. The van der Waals surface area contributed by atoms with Crippen molar-refractivity contribution in [2.24, 2.45) is 0 Å². The lowest BCUT2D eigenvalue weighted by molar-refractivity contribution is 0.0142. The molecule has 2 aliphatic rings. The number of nitrogen functional groups attached to an aromatic ring is 1. The number of anilines is 1. The van der Waals surface area contributed by atoms with Crippen LogP contribution >= 0.6 is 0 Å². The molecule has 2 amide bonds. The molecule has 0 atom stereocenters. The molecule has 1 saturated heterocycles. The van der Waals surface area contributed by atoms with Crippen LogP contribution in [-0.4, -0.2) is 52.6 Å². The molecule has 0 aromatic heterocycles. The largest absolute Gasteiger partial charge is 0.444 e. The van der Waals surface area contributed by atoms with Crippen molar-refractivity contribution in [3.63, 3.8) is 0 Å². The first-order chi connectivity index (χ1) is 15.6. The molecule has 1 saturated carbocycles. The van der Waals surface area contributed by atoms with Gasteiger partial charge in [0.1, 0.15) is 11.4 Å². The quantitative estimate of drug-likeness (QED) is 0.655. The zero-order chi connectivity index (χ0) is 23.8. The predicted molar refractivity (Wildman–Crippen MR) is 126 cm³/mol. The standard InChI is InChI=1S/C26H32FN3O3/c1-26(2,3)33-25(32)29-14-12-21(13-15-29)30(20-9-10-20)24(31)18-6-4-17(5-7-18)19-8-11-23(28)22(27)16-19/h4-8,11,16,20-21H,9-10,12-15,28H2,1-3H3. The van der Waals surface area contributed by atoms with Crippen LogP contribution < -0.4 is 5.73 Å². The minimum Gasteiger partial charge on any atom is -0.444 e. The smallest absolute Gasteiger partial charge is 0.410 e. The van der Waals surface area contributed by atoms with Gasteiger partial charge in [0.05, 0.1) is 5.69 Å². The third kappa shape index (κ3) is 5.46. The fourth-order valence-electron chi connectivity index (χ4n) is 4.30. The van der Waals surface area contributed by atoms with Crippen molar-refractivity contribution in [2.75, 3.05) is 18.8 Å². The molecule has 0 radical (unpaired) electrons. The lowest BCUT2D eigenvalue weighted by Crippen LogP contribution is -2.50. The molecule has 2 N–H and O–H groups in total. The van der Waals surface area contributed by atoms with E-state index in [0.717, 1.165) is 31.2 Å². The third-order valence-electron chi connectivity index (χ3n) is 6.15. The Hall–Kier alpha value is -3.09. The van der Waals surface area contributed by atoms with Gasteiger partial charge in [0, 0.05) is 30.7 Å². The van der Waals surface area contributed by atoms with E-state index < -0.39 is 11.4 Å². The highest BCUT2D eigenvalue weighted by atomic mass is 19.1. The number of hydrogen-bond donors (Lipinski definition) is 1. The van der Waals surface area contributed by atoms with Crippen LogP contribution in [0.5, 0.6) is 0 Å². The maximum atomic E-state index is 13.8. The third-order valence-corrected chi connectivity index (χ3v) is 6.15. The molecule has 1 aliphatic carbocycles. The molecule has 176 valence electrons. The number of hydrogen-bond acceptors (Lipinski definition) is 4. The second-order valence-corrected chi connectivity index (χ2v) is 9.96. The number of halogens is 1. The Morgan fingerprint density at radius 3 is 2.09 bits per heavy atom. The van der Waals surface area contributed by atoms with Gasteiger partial charge >= 0.3 is 6.09 Å². The highest BCUT2D eigenvalue weighted by Crippen LogP contribution is 2.34. The summed E-state index contributed by atoms with van der Waals surface area (Å²) < 4.78 is 19.3. The topological polar surface area (TPSA) is 75.9 Å². The number of nitrogens with zero attached hydrogens (tertiary/aromatic N) is 2. The van der Waals surface area contributed by atoms with Crippen molar-refractivity contribution in [1.82, 2.24) is 9.80 Å². The van der Waals surface area contributed by atoms with E-state index in [2.05, 4.69) is 0 Å². The number of carbonyl (C=O) groups excluding carboxylic acids is 2. The van der Waals surface area contributed by atoms with E-state index in [1.807, 2.05) is 37.8 Å². The van der Waals surface area contributed by atoms with E-state index in [4.69, 9.17) is 10.5 Å². The van der Waals surface area contributed by atoms with E-state index in [9.17, 15) is 14.0 Å². The average molecular weight is 454 g/mol. The van der Waals surface area contributed by atoms with Gasteiger partial charge in [-0.15, -0.1) is 0 Å². The van der Waals surface area contributed by atoms with Gasteiger partial charge in [-0.2, -0.15) is 0 Å². The summed E-state index contributed by atoms with van der Waals surface area (Å²) in [6.45, 7) is 6.75. The number of rotatable bonds is 4. The van der Waals surface area contributed by atoms with Crippen LogP contribution in [0.2, 0.25) is 0 Å². The summed E-state index contributed by atoms with van der Waals surface area (Å²) in [5.74, 6) is -0.437. The van der Waals surface area contributed by atoms with Crippen LogP contribution in [0.3, 0.4) is 0 Å². The van der Waals surface area contributed by atoms with Gasteiger partial charge < -0.3 is 20.3 Å². The second-order valence-electron chi connectivity index (χ2n) is 9.96. The zero-order valence-electron chi connectivity index (χ0n) is 19.5. The van der Waals surface area contributed by atoms with Crippen LogP contribution in [0.4, 0.5) is 14.9 Å². The summed E-state index contributed by atoms with van der Waals surface area (Å²) in [5, 5.41) is 0. The second kappa shape index (κ2) is 9.04. The number of carbonyl (C=O) groups is 2. The maximum absolute atomic E-state index is 13.8. The van der Waals surface area contributed by atoms with Gasteiger partial charge in [-0.3, -0.25) is 4.79 Å². The maximum Gasteiger partial charge on any atom is 0.410 e. The fourth-order valence-corrected chi connectivity index (χ4v) is 4.30. The number of ether oxygens (including phenoxy) is 1. The number of piperidine rings is 1. The van der Waals surface area contributed by atoms with Crippen LogP contribution in [0.1, 0.15) is 56.8 Å². The Labute approximate surface area is 194 Å². The first-order valence-electron chi connectivity index (χ1n) is 11.6. The minimum absolute atomic E-state index is 0.0169. The Morgan fingerprint density at radius 1 is 0.970 bits per heavy atom. The molecule has 33 heavy (non-hydrogen) atoms. The molecule has 1 aliphatic heterocycles. The monoisotopic (exact) mass is 453 g/mol. The van der Waals surface area contributed by atoms with E-state index in [-0.39, 0.29) is 29.8 Å². The summed E-state index contributed by atoms with van der Waals surface area (Å²) in [5.41, 5.74) is 7.33. The fraction of sp³-hybridized carbons (Fsp3) is 0.462.